The Balaban J connectivity index is 2.58. The van der Waals surface area contributed by atoms with Crippen LogP contribution in [0.15, 0.2) is 30.5 Å². The Morgan fingerprint density at radius 1 is 1.39 bits per heavy atom. The second-order valence-corrected chi connectivity index (χ2v) is 5.44. The van der Waals surface area contributed by atoms with Crippen molar-refractivity contribution in [2.75, 3.05) is 11.1 Å². The number of nitrogens with one attached hydrogen (secondary N) is 2. The fraction of sp³-hybridized carbons (Fsp3) is 0.308. The van der Waals surface area contributed by atoms with Gasteiger partial charge in [0.25, 0.3) is 0 Å². The van der Waals surface area contributed by atoms with Crippen molar-refractivity contribution in [1.82, 2.24) is 5.32 Å². The minimum atomic E-state index is -0.345. The molecule has 0 radical (unpaired) electrons. The highest BCUT2D eigenvalue weighted by atomic mass is 35.5. The summed E-state index contributed by atoms with van der Waals surface area (Å²) in [5.41, 5.74) is 6.66. The van der Waals surface area contributed by atoms with E-state index in [0.29, 0.717) is 16.4 Å². The molecule has 18 heavy (non-hydrogen) atoms. The average molecular weight is 268 g/mol. The van der Waals surface area contributed by atoms with Crippen molar-refractivity contribution in [3.05, 3.63) is 35.5 Å². The zero-order valence-corrected chi connectivity index (χ0v) is 11.5. The third-order valence-corrected chi connectivity index (χ3v) is 2.35. The van der Waals surface area contributed by atoms with Crippen LogP contribution in [0.2, 0.25) is 5.02 Å². The van der Waals surface area contributed by atoms with Gasteiger partial charge in [0.1, 0.15) is 0 Å². The Morgan fingerprint density at radius 3 is 2.61 bits per heavy atom. The third-order valence-electron chi connectivity index (χ3n) is 2.04. The first kappa shape index (κ1) is 14.4. The van der Waals surface area contributed by atoms with E-state index in [1.165, 1.54) is 0 Å². The molecule has 4 nitrogen and oxygen atoms in total. The van der Waals surface area contributed by atoms with E-state index in [-0.39, 0.29) is 11.4 Å². The molecule has 0 bridgehead atoms. The summed E-state index contributed by atoms with van der Waals surface area (Å²) >= 11 is 5.94. The topological polar surface area (TPSA) is 67.2 Å². The van der Waals surface area contributed by atoms with E-state index in [0.717, 1.165) is 0 Å². The van der Waals surface area contributed by atoms with Gasteiger partial charge >= 0.3 is 6.03 Å². The molecular formula is C13H18ClN3O. The van der Waals surface area contributed by atoms with Gasteiger partial charge in [-0.1, -0.05) is 38.4 Å². The average Bonchev–Trinajstić information content (AvgIpc) is 2.20. The second kappa shape index (κ2) is 5.78. The Kier molecular flexibility index (Phi) is 4.62. The lowest BCUT2D eigenvalue weighted by molar-refractivity contribution is 0.255. The van der Waals surface area contributed by atoms with Crippen molar-refractivity contribution >= 4 is 29.0 Å². The van der Waals surface area contributed by atoms with Crippen LogP contribution in [0.4, 0.5) is 16.2 Å². The van der Waals surface area contributed by atoms with Crippen molar-refractivity contribution in [1.29, 1.82) is 0 Å². The summed E-state index contributed by atoms with van der Waals surface area (Å²) in [4.78, 5) is 11.6. The Morgan fingerprint density at radius 2 is 2.06 bits per heavy atom. The molecule has 0 unspecified atom stereocenters. The van der Waals surface area contributed by atoms with Crippen molar-refractivity contribution in [3.63, 3.8) is 0 Å². The van der Waals surface area contributed by atoms with E-state index in [1.807, 2.05) is 26.8 Å². The predicted octanol–water partition coefficient (Wildman–Crippen LogP) is 3.60. The summed E-state index contributed by atoms with van der Waals surface area (Å²) < 4.78 is 0. The smallest absolute Gasteiger partial charge is 0.323 e. The quantitative estimate of drug-likeness (QED) is 0.717. The number of halogens is 1. The number of amides is 2. The van der Waals surface area contributed by atoms with Gasteiger partial charge in [-0.2, -0.15) is 0 Å². The van der Waals surface area contributed by atoms with Crippen LogP contribution in [0.3, 0.4) is 0 Å². The SMILES string of the molecule is CC(C)(C)/C=C/NC(=O)Nc1ccc(N)cc1Cl. The van der Waals surface area contributed by atoms with Gasteiger partial charge < -0.3 is 16.4 Å². The standard InChI is InChI=1S/C13H18ClN3O/c1-13(2,3)6-7-16-12(18)17-11-5-4-9(15)8-10(11)14/h4-8H,15H2,1-3H3,(H2,16,17,18)/b7-6+. The molecule has 0 aromatic heterocycles. The van der Waals surface area contributed by atoms with Gasteiger partial charge in [-0.05, 0) is 23.6 Å². The van der Waals surface area contributed by atoms with Crippen LogP contribution < -0.4 is 16.4 Å². The van der Waals surface area contributed by atoms with Crippen molar-refractivity contribution in [3.8, 4) is 0 Å². The van der Waals surface area contributed by atoms with E-state index in [9.17, 15) is 4.79 Å². The molecule has 2 amide bonds. The molecule has 1 rings (SSSR count). The van der Waals surface area contributed by atoms with Crippen molar-refractivity contribution < 1.29 is 4.79 Å². The highest BCUT2D eigenvalue weighted by Gasteiger charge is 2.06. The molecule has 0 spiro atoms. The summed E-state index contributed by atoms with van der Waals surface area (Å²) in [6.45, 7) is 6.12. The zero-order chi connectivity index (χ0) is 13.8. The van der Waals surface area contributed by atoms with Crippen molar-refractivity contribution in [2.45, 2.75) is 20.8 Å². The molecule has 0 aliphatic rings. The molecule has 0 atom stereocenters. The van der Waals surface area contributed by atoms with Gasteiger partial charge in [0.2, 0.25) is 0 Å². The lowest BCUT2D eigenvalue weighted by atomic mass is 9.97. The summed E-state index contributed by atoms with van der Waals surface area (Å²) in [5, 5.41) is 5.65. The first-order valence-electron chi connectivity index (χ1n) is 5.58. The molecule has 0 aliphatic heterocycles. The summed E-state index contributed by atoms with van der Waals surface area (Å²) in [5.74, 6) is 0. The maximum atomic E-state index is 11.6. The number of nitrogen functional groups attached to an aromatic ring is 1. The normalized spacial score (nSPS) is 11.6. The molecule has 0 aliphatic carbocycles. The molecule has 4 N–H and O–H groups in total. The molecule has 98 valence electrons. The molecule has 0 heterocycles. The minimum Gasteiger partial charge on any atom is -0.399 e. The van der Waals surface area contributed by atoms with Gasteiger partial charge in [0.05, 0.1) is 10.7 Å². The van der Waals surface area contributed by atoms with Gasteiger partial charge in [-0.3, -0.25) is 0 Å². The van der Waals surface area contributed by atoms with E-state index in [2.05, 4.69) is 10.6 Å². The highest BCUT2D eigenvalue weighted by molar-refractivity contribution is 6.34. The maximum Gasteiger partial charge on any atom is 0.323 e. The van der Waals surface area contributed by atoms with Gasteiger partial charge in [-0.25, -0.2) is 4.79 Å². The maximum absolute atomic E-state index is 11.6. The van der Waals surface area contributed by atoms with Crippen LogP contribution in [-0.2, 0) is 0 Å². The van der Waals surface area contributed by atoms with Crippen LogP contribution in [0.25, 0.3) is 0 Å². The van der Waals surface area contributed by atoms with E-state index < -0.39 is 0 Å². The molecule has 0 saturated carbocycles. The number of nitrogens with two attached hydrogens (primary N) is 1. The number of rotatable bonds is 2. The van der Waals surface area contributed by atoms with E-state index in [1.54, 1.807) is 24.4 Å². The van der Waals surface area contributed by atoms with Crippen molar-refractivity contribution in [2.24, 2.45) is 5.41 Å². The Labute approximate surface area is 112 Å². The first-order chi connectivity index (χ1) is 8.28. The monoisotopic (exact) mass is 267 g/mol. The van der Waals surface area contributed by atoms with Crippen LogP contribution in [0, 0.1) is 5.41 Å². The lowest BCUT2D eigenvalue weighted by Crippen LogP contribution is -2.24. The molecular weight excluding hydrogens is 250 g/mol. The van der Waals surface area contributed by atoms with Gasteiger partial charge in [-0.15, -0.1) is 0 Å². The third kappa shape index (κ3) is 5.10. The number of carbonyl (C=O) groups is 1. The molecule has 0 saturated heterocycles. The van der Waals surface area contributed by atoms with Gasteiger partial charge in [0.15, 0.2) is 0 Å². The Hall–Kier alpha value is -1.68. The van der Waals surface area contributed by atoms with Crippen LogP contribution in [0.1, 0.15) is 20.8 Å². The number of hydrogen-bond acceptors (Lipinski definition) is 2. The number of urea groups is 1. The fourth-order valence-corrected chi connectivity index (χ4v) is 1.39. The van der Waals surface area contributed by atoms with E-state index in [4.69, 9.17) is 17.3 Å². The fourth-order valence-electron chi connectivity index (χ4n) is 1.16. The number of benzene rings is 1. The van der Waals surface area contributed by atoms with Crippen LogP contribution in [0.5, 0.6) is 0 Å². The summed E-state index contributed by atoms with van der Waals surface area (Å²) in [7, 11) is 0. The zero-order valence-electron chi connectivity index (χ0n) is 10.8. The first-order valence-corrected chi connectivity index (χ1v) is 5.96. The lowest BCUT2D eigenvalue weighted by Gasteiger charge is -2.11. The minimum absolute atomic E-state index is 0.0200. The van der Waals surface area contributed by atoms with Crippen LogP contribution >= 0.6 is 11.6 Å². The Bertz CT molecular complexity index is 464. The molecule has 5 heteroatoms. The second-order valence-electron chi connectivity index (χ2n) is 5.04. The summed E-state index contributed by atoms with van der Waals surface area (Å²) in [6, 6.07) is 4.57. The summed E-state index contributed by atoms with van der Waals surface area (Å²) in [6.07, 6.45) is 3.51. The number of hydrogen-bond donors (Lipinski definition) is 3. The molecule has 1 aromatic carbocycles. The number of carbonyl (C=O) groups excluding carboxylic acids is 1. The van der Waals surface area contributed by atoms with Crippen LogP contribution in [-0.4, -0.2) is 6.03 Å². The predicted molar refractivity (Wildman–Crippen MR) is 76.6 cm³/mol. The van der Waals surface area contributed by atoms with E-state index >= 15 is 0 Å². The molecule has 0 fully saturated rings. The number of allylic oxidation sites excluding steroid dienone is 1. The molecule has 1 aromatic rings. The number of anilines is 2. The highest BCUT2D eigenvalue weighted by Crippen LogP contribution is 2.23. The largest absolute Gasteiger partial charge is 0.399 e. The van der Waals surface area contributed by atoms with Gasteiger partial charge in [0, 0.05) is 11.9 Å².